The van der Waals surface area contributed by atoms with Gasteiger partial charge in [0.1, 0.15) is 28.2 Å². The number of aromatic hydroxyl groups is 1. The van der Waals surface area contributed by atoms with Crippen LogP contribution in [0.2, 0.25) is 0 Å². The van der Waals surface area contributed by atoms with Crippen molar-refractivity contribution in [2.45, 2.75) is 51.9 Å². The van der Waals surface area contributed by atoms with Gasteiger partial charge in [0, 0.05) is 6.07 Å². The maximum Gasteiger partial charge on any atom is 0.143 e. The highest BCUT2D eigenvalue weighted by molar-refractivity contribution is 5.75. The van der Waals surface area contributed by atoms with Crippen molar-refractivity contribution in [3.8, 4) is 17.2 Å². The second kappa shape index (κ2) is 8.70. The van der Waals surface area contributed by atoms with E-state index in [0.29, 0.717) is 5.69 Å². The number of aryl methyl sites for hydroxylation is 1. The zero-order valence-corrected chi connectivity index (χ0v) is 15.6. The van der Waals surface area contributed by atoms with E-state index in [1.54, 1.807) is 13.2 Å². The molecular formula is C21H27N3O2. The molecule has 0 fully saturated rings. The van der Waals surface area contributed by atoms with Crippen LogP contribution in [-0.2, 0) is 6.42 Å². The standard InChI is InChI=1S/C21H27N3O2/c1-3-4-5-6-7-8-9-16-10-13-21(25)20(14-16)24-22-18-12-11-17(26-2)15-19(18)23-24/h10-15,25H,3-9H2,1-2H3. The summed E-state index contributed by atoms with van der Waals surface area (Å²) in [7, 11) is 1.63. The minimum absolute atomic E-state index is 0.184. The first-order valence-corrected chi connectivity index (χ1v) is 9.44. The van der Waals surface area contributed by atoms with Gasteiger partial charge in [0.05, 0.1) is 7.11 Å². The Morgan fingerprint density at radius 2 is 1.69 bits per heavy atom. The molecule has 26 heavy (non-hydrogen) atoms. The average molecular weight is 353 g/mol. The molecule has 5 nitrogen and oxygen atoms in total. The fourth-order valence-electron chi connectivity index (χ4n) is 3.12. The number of fused-ring (bicyclic) bond motifs is 1. The van der Waals surface area contributed by atoms with Crippen LogP contribution < -0.4 is 4.74 Å². The molecule has 5 heteroatoms. The quantitative estimate of drug-likeness (QED) is 0.548. The fourth-order valence-corrected chi connectivity index (χ4v) is 3.12. The van der Waals surface area contributed by atoms with E-state index in [2.05, 4.69) is 17.1 Å². The van der Waals surface area contributed by atoms with Gasteiger partial charge in [0.25, 0.3) is 0 Å². The van der Waals surface area contributed by atoms with Gasteiger partial charge in [0.2, 0.25) is 0 Å². The molecule has 0 saturated carbocycles. The van der Waals surface area contributed by atoms with Gasteiger partial charge >= 0.3 is 0 Å². The SMILES string of the molecule is CCCCCCCCc1ccc(O)c(-n2nc3ccc(OC)cc3n2)c1. The number of methoxy groups -OCH3 is 1. The van der Waals surface area contributed by atoms with E-state index in [0.717, 1.165) is 23.2 Å². The van der Waals surface area contributed by atoms with Crippen molar-refractivity contribution in [3.05, 3.63) is 42.0 Å². The number of aromatic nitrogens is 3. The average Bonchev–Trinajstić information content (AvgIpc) is 3.08. The van der Waals surface area contributed by atoms with Gasteiger partial charge in [-0.3, -0.25) is 0 Å². The van der Waals surface area contributed by atoms with Crippen LogP contribution >= 0.6 is 0 Å². The normalized spacial score (nSPS) is 11.2. The number of benzene rings is 2. The first-order valence-electron chi connectivity index (χ1n) is 9.44. The summed E-state index contributed by atoms with van der Waals surface area (Å²) in [6, 6.07) is 11.3. The summed E-state index contributed by atoms with van der Waals surface area (Å²) in [5.41, 5.74) is 3.33. The molecule has 2 aromatic carbocycles. The molecule has 0 aliphatic carbocycles. The Balaban J connectivity index is 1.73. The van der Waals surface area contributed by atoms with Crippen LogP contribution in [0, 0.1) is 0 Å². The lowest BCUT2D eigenvalue weighted by molar-refractivity contribution is 0.415. The zero-order chi connectivity index (χ0) is 18.4. The Hall–Kier alpha value is -2.56. The maximum absolute atomic E-state index is 10.3. The second-order valence-corrected chi connectivity index (χ2v) is 6.68. The molecule has 0 aliphatic rings. The number of hydrogen-bond donors (Lipinski definition) is 1. The van der Waals surface area contributed by atoms with Crippen LogP contribution in [0.15, 0.2) is 36.4 Å². The maximum atomic E-state index is 10.3. The van der Waals surface area contributed by atoms with Gasteiger partial charge in [-0.1, -0.05) is 45.1 Å². The predicted octanol–water partition coefficient (Wildman–Crippen LogP) is 5.04. The lowest BCUT2D eigenvalue weighted by Gasteiger charge is -2.07. The Labute approximate surface area is 154 Å². The van der Waals surface area contributed by atoms with Crippen molar-refractivity contribution in [3.63, 3.8) is 0 Å². The lowest BCUT2D eigenvalue weighted by Crippen LogP contribution is -2.00. The molecule has 0 unspecified atom stereocenters. The fraction of sp³-hybridized carbons (Fsp3) is 0.429. The molecule has 3 aromatic rings. The van der Waals surface area contributed by atoms with Crippen LogP contribution in [0.5, 0.6) is 11.5 Å². The number of nitrogens with zero attached hydrogens (tertiary/aromatic N) is 3. The number of unbranched alkanes of at least 4 members (excludes halogenated alkanes) is 5. The largest absolute Gasteiger partial charge is 0.506 e. The predicted molar refractivity (Wildman–Crippen MR) is 104 cm³/mol. The van der Waals surface area contributed by atoms with Crippen LogP contribution in [0.1, 0.15) is 51.0 Å². The van der Waals surface area contributed by atoms with Crippen molar-refractivity contribution in [2.75, 3.05) is 7.11 Å². The van der Waals surface area contributed by atoms with Gasteiger partial charge in [-0.15, -0.1) is 15.0 Å². The minimum Gasteiger partial charge on any atom is -0.506 e. The second-order valence-electron chi connectivity index (χ2n) is 6.68. The van der Waals surface area contributed by atoms with Crippen molar-refractivity contribution in [1.29, 1.82) is 0 Å². The summed E-state index contributed by atoms with van der Waals surface area (Å²) < 4.78 is 5.23. The van der Waals surface area contributed by atoms with E-state index >= 15 is 0 Å². The van der Waals surface area contributed by atoms with Gasteiger partial charge in [-0.25, -0.2) is 0 Å². The van der Waals surface area contributed by atoms with E-state index in [-0.39, 0.29) is 5.75 Å². The molecule has 1 N–H and O–H groups in total. The van der Waals surface area contributed by atoms with E-state index in [4.69, 9.17) is 4.74 Å². The number of phenolic OH excluding ortho intramolecular Hbond substituents is 1. The van der Waals surface area contributed by atoms with Crippen molar-refractivity contribution in [1.82, 2.24) is 15.0 Å². The van der Waals surface area contributed by atoms with Crippen LogP contribution in [0.25, 0.3) is 16.7 Å². The van der Waals surface area contributed by atoms with Gasteiger partial charge in [-0.2, -0.15) is 0 Å². The first-order chi connectivity index (χ1) is 12.7. The highest BCUT2D eigenvalue weighted by Gasteiger charge is 2.10. The molecule has 0 spiro atoms. The summed E-state index contributed by atoms with van der Waals surface area (Å²) in [6.45, 7) is 2.24. The molecule has 0 bridgehead atoms. The number of phenols is 1. The molecule has 0 radical (unpaired) electrons. The first kappa shape index (κ1) is 18.2. The number of ether oxygens (including phenoxy) is 1. The summed E-state index contributed by atoms with van der Waals surface area (Å²) in [5.74, 6) is 0.926. The molecule has 0 aliphatic heterocycles. The van der Waals surface area contributed by atoms with Crippen molar-refractivity contribution < 1.29 is 9.84 Å². The third kappa shape index (κ3) is 4.34. The van der Waals surface area contributed by atoms with Crippen LogP contribution in [0.4, 0.5) is 0 Å². The Kier molecular flexibility index (Phi) is 6.10. The molecule has 138 valence electrons. The van der Waals surface area contributed by atoms with Gasteiger partial charge in [0.15, 0.2) is 0 Å². The lowest BCUT2D eigenvalue weighted by atomic mass is 10.0. The Bertz CT molecular complexity index is 858. The van der Waals surface area contributed by atoms with Crippen LogP contribution in [0.3, 0.4) is 0 Å². The highest BCUT2D eigenvalue weighted by atomic mass is 16.5. The topological polar surface area (TPSA) is 60.2 Å². The summed E-state index contributed by atoms with van der Waals surface area (Å²) in [5, 5.41) is 19.2. The summed E-state index contributed by atoms with van der Waals surface area (Å²) in [4.78, 5) is 1.50. The summed E-state index contributed by atoms with van der Waals surface area (Å²) >= 11 is 0. The molecule has 0 atom stereocenters. The Morgan fingerprint density at radius 1 is 0.923 bits per heavy atom. The van der Waals surface area contributed by atoms with Crippen molar-refractivity contribution in [2.24, 2.45) is 0 Å². The van der Waals surface area contributed by atoms with Gasteiger partial charge < -0.3 is 9.84 Å². The third-order valence-corrected chi connectivity index (χ3v) is 4.66. The van der Waals surface area contributed by atoms with E-state index in [9.17, 15) is 5.11 Å². The number of hydrogen-bond acceptors (Lipinski definition) is 4. The highest BCUT2D eigenvalue weighted by Crippen LogP contribution is 2.25. The summed E-state index contributed by atoms with van der Waals surface area (Å²) in [6.07, 6.45) is 8.65. The molecular weight excluding hydrogens is 326 g/mol. The number of rotatable bonds is 9. The van der Waals surface area contributed by atoms with E-state index < -0.39 is 0 Å². The van der Waals surface area contributed by atoms with E-state index in [1.165, 1.54) is 48.9 Å². The molecule has 0 amide bonds. The third-order valence-electron chi connectivity index (χ3n) is 4.66. The monoisotopic (exact) mass is 353 g/mol. The molecule has 1 aromatic heterocycles. The molecule has 3 rings (SSSR count). The Morgan fingerprint density at radius 3 is 2.50 bits per heavy atom. The van der Waals surface area contributed by atoms with E-state index in [1.807, 2.05) is 30.3 Å². The van der Waals surface area contributed by atoms with Crippen LogP contribution in [-0.4, -0.2) is 27.2 Å². The molecule has 0 saturated heterocycles. The zero-order valence-electron chi connectivity index (χ0n) is 15.6. The molecule has 1 heterocycles. The van der Waals surface area contributed by atoms with Gasteiger partial charge in [-0.05, 0) is 42.7 Å². The smallest absolute Gasteiger partial charge is 0.143 e. The van der Waals surface area contributed by atoms with Crippen molar-refractivity contribution >= 4 is 11.0 Å². The minimum atomic E-state index is 0.184.